The van der Waals surface area contributed by atoms with Crippen molar-refractivity contribution in [1.29, 1.82) is 0 Å². The van der Waals surface area contributed by atoms with Crippen LogP contribution in [0.25, 0.3) is 0 Å². The van der Waals surface area contributed by atoms with E-state index in [1.807, 2.05) is 4.90 Å². The zero-order valence-corrected chi connectivity index (χ0v) is 11.6. The minimum absolute atomic E-state index is 0.0425. The largest absolute Gasteiger partial charge is 0.481 e. The van der Waals surface area contributed by atoms with Gasteiger partial charge in [-0.2, -0.15) is 0 Å². The fourth-order valence-electron chi connectivity index (χ4n) is 4.63. The molecule has 0 aromatic heterocycles. The lowest BCUT2D eigenvalue weighted by Gasteiger charge is -2.38. The molecule has 2 bridgehead atoms. The normalized spacial score (nSPS) is 40.5. The molecule has 1 amide bonds. The number of carbonyl (C=O) groups excluding carboxylic acids is 1. The minimum Gasteiger partial charge on any atom is -0.481 e. The molecule has 3 aliphatic heterocycles. The van der Waals surface area contributed by atoms with E-state index in [0.29, 0.717) is 36.9 Å². The summed E-state index contributed by atoms with van der Waals surface area (Å²) in [4.78, 5) is 25.7. The lowest BCUT2D eigenvalue weighted by molar-refractivity contribution is -0.159. The van der Waals surface area contributed by atoms with E-state index in [1.54, 1.807) is 0 Å². The quantitative estimate of drug-likeness (QED) is 0.844. The summed E-state index contributed by atoms with van der Waals surface area (Å²) in [6.45, 7) is 1.56. The van der Waals surface area contributed by atoms with Gasteiger partial charge < -0.3 is 14.7 Å². The molecule has 110 valence electrons. The number of ether oxygens (including phenoxy) is 1. The molecule has 0 aromatic carbocycles. The Morgan fingerprint density at radius 2 is 1.75 bits per heavy atom. The molecule has 4 unspecified atom stereocenters. The van der Waals surface area contributed by atoms with E-state index in [0.717, 1.165) is 32.4 Å². The van der Waals surface area contributed by atoms with Crippen LogP contribution in [0.2, 0.25) is 0 Å². The molecule has 1 aliphatic carbocycles. The van der Waals surface area contributed by atoms with Crippen LogP contribution >= 0.6 is 0 Å². The molecule has 3 heterocycles. The second kappa shape index (κ2) is 4.20. The molecule has 5 heteroatoms. The van der Waals surface area contributed by atoms with Crippen LogP contribution in [0.1, 0.15) is 38.5 Å². The number of amides is 1. The van der Waals surface area contributed by atoms with Crippen molar-refractivity contribution >= 4 is 11.9 Å². The highest BCUT2D eigenvalue weighted by Gasteiger charge is 2.54. The molecule has 4 atom stereocenters. The number of nitrogens with zero attached hydrogens (tertiary/aromatic N) is 1. The number of likely N-dealkylation sites (tertiary alicyclic amines) is 1. The molecular weight excluding hydrogens is 258 g/mol. The van der Waals surface area contributed by atoms with Gasteiger partial charge >= 0.3 is 5.97 Å². The average Bonchev–Trinajstić information content (AvgIpc) is 3.03. The van der Waals surface area contributed by atoms with Gasteiger partial charge in [0.05, 0.1) is 17.6 Å². The third-order valence-corrected chi connectivity index (χ3v) is 6.06. The van der Waals surface area contributed by atoms with Crippen LogP contribution in [0, 0.1) is 17.3 Å². The van der Waals surface area contributed by atoms with Gasteiger partial charge in [0, 0.05) is 31.3 Å². The van der Waals surface area contributed by atoms with E-state index in [9.17, 15) is 14.7 Å². The van der Waals surface area contributed by atoms with E-state index in [4.69, 9.17) is 4.74 Å². The lowest BCUT2D eigenvalue weighted by Crippen LogP contribution is -2.43. The van der Waals surface area contributed by atoms with Crippen LogP contribution in [0.4, 0.5) is 0 Å². The van der Waals surface area contributed by atoms with Crippen LogP contribution in [0.15, 0.2) is 0 Å². The maximum atomic E-state index is 12.4. The third-order valence-electron chi connectivity index (χ3n) is 6.06. The molecule has 4 aliphatic rings. The molecule has 0 spiro atoms. The molecular formula is C15H21NO4. The Hall–Kier alpha value is -1.10. The van der Waals surface area contributed by atoms with Gasteiger partial charge in [-0.05, 0) is 25.7 Å². The highest BCUT2D eigenvalue weighted by atomic mass is 16.5. The van der Waals surface area contributed by atoms with Crippen molar-refractivity contribution < 1.29 is 19.4 Å². The maximum Gasteiger partial charge on any atom is 0.310 e. The maximum absolute atomic E-state index is 12.4. The summed E-state index contributed by atoms with van der Waals surface area (Å²) in [5, 5.41) is 9.34. The number of rotatable bonds is 3. The van der Waals surface area contributed by atoms with Crippen molar-refractivity contribution in [2.45, 2.75) is 50.7 Å². The van der Waals surface area contributed by atoms with Crippen molar-refractivity contribution in [3.63, 3.8) is 0 Å². The van der Waals surface area contributed by atoms with Gasteiger partial charge in [-0.25, -0.2) is 0 Å². The van der Waals surface area contributed by atoms with Crippen LogP contribution < -0.4 is 0 Å². The third kappa shape index (κ3) is 1.65. The molecule has 3 saturated heterocycles. The van der Waals surface area contributed by atoms with E-state index in [-0.39, 0.29) is 12.3 Å². The molecule has 1 saturated carbocycles. The lowest BCUT2D eigenvalue weighted by atomic mass is 9.66. The van der Waals surface area contributed by atoms with E-state index in [2.05, 4.69) is 0 Å². The Bertz CT molecular complexity index is 441. The summed E-state index contributed by atoms with van der Waals surface area (Å²) in [5.41, 5.74) is -0.760. The zero-order valence-electron chi connectivity index (χ0n) is 11.6. The summed E-state index contributed by atoms with van der Waals surface area (Å²) < 4.78 is 5.91. The van der Waals surface area contributed by atoms with Gasteiger partial charge in [0.1, 0.15) is 0 Å². The molecule has 0 aromatic rings. The zero-order chi connectivity index (χ0) is 13.9. The van der Waals surface area contributed by atoms with Crippen molar-refractivity contribution in [3.05, 3.63) is 0 Å². The Morgan fingerprint density at radius 3 is 2.20 bits per heavy atom. The number of hydrogen-bond donors (Lipinski definition) is 1. The first-order valence-electron chi connectivity index (χ1n) is 7.76. The van der Waals surface area contributed by atoms with Gasteiger partial charge in [-0.1, -0.05) is 6.42 Å². The summed E-state index contributed by atoms with van der Waals surface area (Å²) >= 11 is 0. The summed E-state index contributed by atoms with van der Waals surface area (Å²) in [7, 11) is 0. The standard InChI is InChI=1S/C15H21NO4/c17-13(6-15(14(18)19)4-1-5-15)16-7-9-10(8-16)12-3-2-11(9)20-12/h9-12H,1-8H2,(H,18,19). The number of fused-ring (bicyclic) bond motifs is 5. The molecule has 1 N–H and O–H groups in total. The van der Waals surface area contributed by atoms with Crippen molar-refractivity contribution in [2.75, 3.05) is 13.1 Å². The Morgan fingerprint density at radius 1 is 1.15 bits per heavy atom. The van der Waals surface area contributed by atoms with Crippen molar-refractivity contribution in [1.82, 2.24) is 4.90 Å². The second-order valence-electron chi connectivity index (χ2n) is 7.03. The van der Waals surface area contributed by atoms with Gasteiger partial charge in [0.2, 0.25) is 5.91 Å². The fraction of sp³-hybridized carbons (Fsp3) is 0.867. The average molecular weight is 279 g/mol. The van der Waals surface area contributed by atoms with Crippen LogP contribution in [-0.4, -0.2) is 47.2 Å². The monoisotopic (exact) mass is 279 g/mol. The predicted molar refractivity (Wildman–Crippen MR) is 70.0 cm³/mol. The van der Waals surface area contributed by atoms with Gasteiger partial charge in [0.15, 0.2) is 0 Å². The smallest absolute Gasteiger partial charge is 0.310 e. The van der Waals surface area contributed by atoms with E-state index in [1.165, 1.54) is 0 Å². The van der Waals surface area contributed by atoms with Crippen molar-refractivity contribution in [3.8, 4) is 0 Å². The highest BCUT2D eigenvalue weighted by Crippen LogP contribution is 2.49. The SMILES string of the molecule is O=C(CC1(C(=O)O)CCC1)N1CC2C3CCC(O3)C2C1. The summed E-state index contributed by atoms with van der Waals surface area (Å²) in [6.07, 6.45) is 5.40. The molecule has 20 heavy (non-hydrogen) atoms. The molecule has 4 fully saturated rings. The number of carboxylic acids is 1. The number of carboxylic acid groups (broad SMARTS) is 1. The number of hydrogen-bond acceptors (Lipinski definition) is 3. The Kier molecular flexibility index (Phi) is 2.65. The van der Waals surface area contributed by atoms with E-state index < -0.39 is 11.4 Å². The second-order valence-corrected chi connectivity index (χ2v) is 7.03. The van der Waals surface area contributed by atoms with Gasteiger partial charge in [-0.15, -0.1) is 0 Å². The molecule has 5 nitrogen and oxygen atoms in total. The van der Waals surface area contributed by atoms with Crippen molar-refractivity contribution in [2.24, 2.45) is 17.3 Å². The topological polar surface area (TPSA) is 66.8 Å². The molecule has 4 rings (SSSR count). The first-order chi connectivity index (χ1) is 9.59. The van der Waals surface area contributed by atoms with Crippen LogP contribution in [0.3, 0.4) is 0 Å². The van der Waals surface area contributed by atoms with Crippen LogP contribution in [0.5, 0.6) is 0 Å². The number of aliphatic carboxylic acids is 1. The first-order valence-corrected chi connectivity index (χ1v) is 7.76. The Balaban J connectivity index is 1.42. The molecule has 0 radical (unpaired) electrons. The first kappa shape index (κ1) is 12.6. The minimum atomic E-state index is -0.792. The summed E-state index contributed by atoms with van der Waals surface area (Å²) in [5.74, 6) is 0.250. The highest BCUT2D eigenvalue weighted by molar-refractivity contribution is 5.85. The number of carbonyl (C=O) groups is 2. The van der Waals surface area contributed by atoms with Gasteiger partial charge in [0.25, 0.3) is 0 Å². The Labute approximate surface area is 118 Å². The van der Waals surface area contributed by atoms with E-state index >= 15 is 0 Å². The summed E-state index contributed by atoms with van der Waals surface area (Å²) in [6, 6.07) is 0. The fourth-order valence-corrected chi connectivity index (χ4v) is 4.63. The van der Waals surface area contributed by atoms with Gasteiger partial charge in [-0.3, -0.25) is 9.59 Å². The van der Waals surface area contributed by atoms with Crippen LogP contribution in [-0.2, 0) is 14.3 Å². The predicted octanol–water partition coefficient (Wildman–Crippen LogP) is 1.27.